The van der Waals surface area contributed by atoms with Crippen LogP contribution in [-0.2, 0) is 6.42 Å². The molecule has 0 bridgehead atoms. The fourth-order valence-corrected chi connectivity index (χ4v) is 2.79. The molecule has 2 rings (SSSR count). The second-order valence-electron chi connectivity index (χ2n) is 4.26. The first kappa shape index (κ1) is 9.90. The Labute approximate surface area is 89.1 Å². The molecule has 0 spiro atoms. The van der Waals surface area contributed by atoms with Gasteiger partial charge in [0.15, 0.2) is 0 Å². The third-order valence-electron chi connectivity index (χ3n) is 2.90. The zero-order valence-corrected chi connectivity index (χ0v) is 9.65. The van der Waals surface area contributed by atoms with Gasteiger partial charge < -0.3 is 5.32 Å². The summed E-state index contributed by atoms with van der Waals surface area (Å²) in [5.74, 6) is 0.957. The molecule has 1 N–H and O–H groups in total. The van der Waals surface area contributed by atoms with Crippen LogP contribution in [0.25, 0.3) is 0 Å². The van der Waals surface area contributed by atoms with Crippen molar-refractivity contribution >= 4 is 16.7 Å². The Morgan fingerprint density at radius 3 is 2.71 bits per heavy atom. The Morgan fingerprint density at radius 2 is 2.14 bits per heavy atom. The van der Waals surface area contributed by atoms with Crippen molar-refractivity contribution in [3.05, 3.63) is 5.82 Å². The Hall–Kier alpha value is -0.640. The molecule has 1 heterocycles. The van der Waals surface area contributed by atoms with Gasteiger partial charge in [0.25, 0.3) is 0 Å². The van der Waals surface area contributed by atoms with Crippen molar-refractivity contribution in [2.45, 2.75) is 51.5 Å². The first-order chi connectivity index (χ1) is 6.72. The predicted molar refractivity (Wildman–Crippen MR) is 59.8 cm³/mol. The number of nitrogens with zero attached hydrogens (tertiary/aromatic N) is 2. The number of anilines is 1. The van der Waals surface area contributed by atoms with E-state index in [-0.39, 0.29) is 5.54 Å². The van der Waals surface area contributed by atoms with E-state index < -0.39 is 0 Å². The summed E-state index contributed by atoms with van der Waals surface area (Å²) in [7, 11) is 0. The van der Waals surface area contributed by atoms with Gasteiger partial charge >= 0.3 is 0 Å². The smallest absolute Gasteiger partial charge is 0.202 e. The van der Waals surface area contributed by atoms with Gasteiger partial charge in [0, 0.05) is 23.5 Å². The number of rotatable bonds is 3. The SMILES string of the molecule is CCc1nsc(NC2(C)CCCC2)n1. The Morgan fingerprint density at radius 1 is 1.43 bits per heavy atom. The molecule has 1 aromatic rings. The highest BCUT2D eigenvalue weighted by Crippen LogP contribution is 2.32. The lowest BCUT2D eigenvalue weighted by atomic mass is 10.0. The summed E-state index contributed by atoms with van der Waals surface area (Å²) in [6.07, 6.45) is 6.11. The third-order valence-corrected chi connectivity index (χ3v) is 3.57. The van der Waals surface area contributed by atoms with Crippen LogP contribution in [0.4, 0.5) is 5.13 Å². The molecule has 3 nitrogen and oxygen atoms in total. The monoisotopic (exact) mass is 211 g/mol. The second kappa shape index (κ2) is 3.85. The largest absolute Gasteiger partial charge is 0.355 e. The number of aryl methyl sites for hydroxylation is 1. The van der Waals surface area contributed by atoms with Crippen LogP contribution in [-0.4, -0.2) is 14.9 Å². The molecule has 0 unspecified atom stereocenters. The van der Waals surface area contributed by atoms with E-state index in [0.29, 0.717) is 0 Å². The van der Waals surface area contributed by atoms with Gasteiger partial charge in [-0.25, -0.2) is 4.98 Å². The average Bonchev–Trinajstić information content (AvgIpc) is 2.75. The zero-order valence-electron chi connectivity index (χ0n) is 8.84. The van der Waals surface area contributed by atoms with Crippen molar-refractivity contribution in [3.8, 4) is 0 Å². The number of aromatic nitrogens is 2. The maximum atomic E-state index is 4.43. The van der Waals surface area contributed by atoms with Crippen molar-refractivity contribution in [2.75, 3.05) is 5.32 Å². The molecular weight excluding hydrogens is 194 g/mol. The molecule has 0 aliphatic heterocycles. The number of hydrogen-bond donors (Lipinski definition) is 1. The van der Waals surface area contributed by atoms with Gasteiger partial charge in [-0.1, -0.05) is 19.8 Å². The van der Waals surface area contributed by atoms with E-state index in [2.05, 4.69) is 28.5 Å². The average molecular weight is 211 g/mol. The highest BCUT2D eigenvalue weighted by atomic mass is 32.1. The Kier molecular flexibility index (Phi) is 2.72. The second-order valence-corrected chi connectivity index (χ2v) is 5.01. The summed E-state index contributed by atoms with van der Waals surface area (Å²) >= 11 is 1.49. The summed E-state index contributed by atoms with van der Waals surface area (Å²) in [4.78, 5) is 4.43. The molecule has 0 radical (unpaired) electrons. The maximum Gasteiger partial charge on any atom is 0.202 e. The zero-order chi connectivity index (χ0) is 10.0. The first-order valence-electron chi connectivity index (χ1n) is 5.33. The summed E-state index contributed by atoms with van der Waals surface area (Å²) < 4.78 is 4.28. The van der Waals surface area contributed by atoms with Crippen LogP contribution in [0.15, 0.2) is 0 Å². The molecule has 1 fully saturated rings. The minimum atomic E-state index is 0.268. The van der Waals surface area contributed by atoms with Crippen molar-refractivity contribution in [1.29, 1.82) is 0 Å². The summed E-state index contributed by atoms with van der Waals surface area (Å²) in [6, 6.07) is 0. The molecule has 1 saturated carbocycles. The van der Waals surface area contributed by atoms with Gasteiger partial charge in [-0.2, -0.15) is 4.37 Å². The lowest BCUT2D eigenvalue weighted by Gasteiger charge is -2.24. The topological polar surface area (TPSA) is 37.8 Å². The third kappa shape index (κ3) is 2.05. The minimum absolute atomic E-state index is 0.268. The van der Waals surface area contributed by atoms with Gasteiger partial charge in [-0.05, 0) is 19.8 Å². The molecule has 0 amide bonds. The minimum Gasteiger partial charge on any atom is -0.355 e. The van der Waals surface area contributed by atoms with Gasteiger partial charge in [-0.15, -0.1) is 0 Å². The van der Waals surface area contributed by atoms with E-state index in [4.69, 9.17) is 0 Å². The van der Waals surface area contributed by atoms with Crippen molar-refractivity contribution < 1.29 is 0 Å². The number of nitrogens with one attached hydrogen (secondary N) is 1. The van der Waals surface area contributed by atoms with Crippen LogP contribution < -0.4 is 5.32 Å². The molecule has 1 aliphatic rings. The van der Waals surface area contributed by atoms with Crippen molar-refractivity contribution in [3.63, 3.8) is 0 Å². The lowest BCUT2D eigenvalue weighted by Crippen LogP contribution is -2.30. The molecule has 0 saturated heterocycles. The van der Waals surface area contributed by atoms with Gasteiger partial charge in [-0.3, -0.25) is 0 Å². The van der Waals surface area contributed by atoms with Crippen LogP contribution in [0.5, 0.6) is 0 Å². The molecule has 14 heavy (non-hydrogen) atoms. The van der Waals surface area contributed by atoms with Crippen LogP contribution >= 0.6 is 11.5 Å². The molecule has 0 atom stereocenters. The quantitative estimate of drug-likeness (QED) is 0.835. The van der Waals surface area contributed by atoms with E-state index >= 15 is 0 Å². The summed E-state index contributed by atoms with van der Waals surface area (Å²) in [5, 5.41) is 4.51. The molecule has 0 aromatic carbocycles. The van der Waals surface area contributed by atoms with Crippen molar-refractivity contribution in [1.82, 2.24) is 9.36 Å². The van der Waals surface area contributed by atoms with E-state index in [0.717, 1.165) is 17.4 Å². The molecule has 4 heteroatoms. The summed E-state index contributed by atoms with van der Waals surface area (Å²) in [5.41, 5.74) is 0.268. The fourth-order valence-electron chi connectivity index (χ4n) is 1.99. The van der Waals surface area contributed by atoms with Crippen LogP contribution in [0.3, 0.4) is 0 Å². The number of hydrogen-bond acceptors (Lipinski definition) is 4. The Bertz CT molecular complexity index is 302. The van der Waals surface area contributed by atoms with Gasteiger partial charge in [0.2, 0.25) is 5.13 Å². The molecule has 78 valence electrons. The lowest BCUT2D eigenvalue weighted by molar-refractivity contribution is 0.533. The Balaban J connectivity index is 2.02. The summed E-state index contributed by atoms with van der Waals surface area (Å²) in [6.45, 7) is 4.37. The molecule has 1 aromatic heterocycles. The highest BCUT2D eigenvalue weighted by Gasteiger charge is 2.29. The van der Waals surface area contributed by atoms with Crippen LogP contribution in [0.1, 0.15) is 45.4 Å². The first-order valence-corrected chi connectivity index (χ1v) is 6.10. The van der Waals surface area contributed by atoms with Crippen molar-refractivity contribution in [2.24, 2.45) is 0 Å². The van der Waals surface area contributed by atoms with Gasteiger partial charge in [0.1, 0.15) is 5.82 Å². The highest BCUT2D eigenvalue weighted by molar-refractivity contribution is 7.09. The van der Waals surface area contributed by atoms with E-state index in [1.54, 1.807) is 0 Å². The van der Waals surface area contributed by atoms with Crippen LogP contribution in [0.2, 0.25) is 0 Å². The van der Waals surface area contributed by atoms with E-state index in [1.165, 1.54) is 37.2 Å². The van der Waals surface area contributed by atoms with E-state index in [9.17, 15) is 0 Å². The van der Waals surface area contributed by atoms with Crippen LogP contribution in [0, 0.1) is 0 Å². The molecular formula is C10H17N3S. The predicted octanol–water partition coefficient (Wildman–Crippen LogP) is 2.85. The van der Waals surface area contributed by atoms with E-state index in [1.807, 2.05) is 0 Å². The maximum absolute atomic E-state index is 4.43. The fraction of sp³-hybridized carbons (Fsp3) is 0.800. The molecule has 1 aliphatic carbocycles. The van der Waals surface area contributed by atoms with Gasteiger partial charge in [0.05, 0.1) is 0 Å². The standard InChI is InChI=1S/C10H17N3S/c1-3-8-11-9(14-13-8)12-10(2)6-4-5-7-10/h3-7H2,1-2H3,(H,11,12,13). The normalized spacial score (nSPS) is 19.9.